The van der Waals surface area contributed by atoms with E-state index in [4.69, 9.17) is 4.74 Å². The van der Waals surface area contributed by atoms with Gasteiger partial charge in [-0.05, 0) is 24.1 Å². The van der Waals surface area contributed by atoms with Gasteiger partial charge in [-0.1, -0.05) is 18.2 Å². The number of rotatable bonds is 2. The summed E-state index contributed by atoms with van der Waals surface area (Å²) in [6.45, 7) is 0.575. The Balaban J connectivity index is 1.67. The highest BCUT2D eigenvalue weighted by Gasteiger charge is 2.55. The Kier molecular flexibility index (Phi) is 3.98. The molecule has 1 N–H and O–H groups in total. The lowest BCUT2D eigenvalue weighted by Gasteiger charge is -2.27. The quantitative estimate of drug-likeness (QED) is 0.830. The van der Waals surface area contributed by atoms with Gasteiger partial charge in [0.25, 0.3) is 11.5 Å². The van der Waals surface area contributed by atoms with Crippen LogP contribution < -0.4 is 10.3 Å². The number of carbonyl (C=O) groups is 2. The van der Waals surface area contributed by atoms with Crippen molar-refractivity contribution in [3.05, 3.63) is 58.0 Å². The summed E-state index contributed by atoms with van der Waals surface area (Å²) in [5.41, 5.74) is -0.472. The Hall–Kier alpha value is -3.16. The Bertz CT molecular complexity index is 985. The van der Waals surface area contributed by atoms with Crippen molar-refractivity contribution in [3.63, 3.8) is 0 Å². The van der Waals surface area contributed by atoms with Crippen molar-refractivity contribution < 1.29 is 19.4 Å². The third kappa shape index (κ3) is 2.77. The fraction of sp³-hybridized carbons (Fsp3) is 0.368. The molecule has 2 atom stereocenters. The summed E-state index contributed by atoms with van der Waals surface area (Å²) in [6.07, 6.45) is 0.299. The number of ether oxygens (including phenoxy) is 1. The lowest BCUT2D eigenvalue weighted by atomic mass is 9.74. The molecule has 3 heterocycles. The molecule has 2 aliphatic heterocycles. The molecule has 0 spiro atoms. The largest absolute Gasteiger partial charge is 0.493 e. The summed E-state index contributed by atoms with van der Waals surface area (Å²) in [6, 6.07) is 10.1. The van der Waals surface area contributed by atoms with Gasteiger partial charge in [0.15, 0.2) is 0 Å². The van der Waals surface area contributed by atoms with Gasteiger partial charge in [-0.2, -0.15) is 5.10 Å². The maximum atomic E-state index is 12.9. The van der Waals surface area contributed by atoms with E-state index in [9.17, 15) is 19.5 Å². The van der Waals surface area contributed by atoms with Gasteiger partial charge >= 0.3 is 5.97 Å². The first-order chi connectivity index (χ1) is 12.9. The third-order valence-electron chi connectivity index (χ3n) is 5.51. The number of aromatic nitrogens is 2. The third-order valence-corrected chi connectivity index (χ3v) is 5.51. The molecule has 1 saturated heterocycles. The van der Waals surface area contributed by atoms with Crippen molar-refractivity contribution in [2.75, 3.05) is 19.7 Å². The van der Waals surface area contributed by atoms with Crippen LogP contribution >= 0.6 is 0 Å². The van der Waals surface area contributed by atoms with Crippen LogP contribution in [0.1, 0.15) is 16.1 Å². The highest BCUT2D eigenvalue weighted by Crippen LogP contribution is 2.44. The van der Waals surface area contributed by atoms with Gasteiger partial charge in [-0.25, -0.2) is 4.68 Å². The predicted molar refractivity (Wildman–Crippen MR) is 94.6 cm³/mol. The predicted octanol–water partition coefficient (Wildman–Crippen LogP) is 0.558. The number of carboxylic acids is 1. The van der Waals surface area contributed by atoms with Crippen LogP contribution in [0.4, 0.5) is 0 Å². The molecule has 27 heavy (non-hydrogen) atoms. The maximum absolute atomic E-state index is 12.9. The van der Waals surface area contributed by atoms with Crippen LogP contribution in [-0.2, 0) is 18.3 Å². The summed E-state index contributed by atoms with van der Waals surface area (Å²) >= 11 is 0. The number of fused-ring (bicyclic) bond motifs is 2. The number of carbonyl (C=O) groups excluding carboxylic acids is 1. The normalized spacial score (nSPS) is 23.7. The molecule has 0 aliphatic carbocycles. The molecular weight excluding hydrogens is 350 g/mol. The Morgan fingerprint density at radius 3 is 2.78 bits per heavy atom. The highest BCUT2D eigenvalue weighted by molar-refractivity contribution is 5.93. The van der Waals surface area contributed by atoms with Gasteiger partial charge in [0.05, 0.1) is 12.0 Å². The van der Waals surface area contributed by atoms with Crippen molar-refractivity contribution in [2.45, 2.75) is 6.42 Å². The minimum atomic E-state index is -1.11. The molecule has 4 rings (SSSR count). The van der Waals surface area contributed by atoms with E-state index in [2.05, 4.69) is 5.10 Å². The molecule has 140 valence electrons. The van der Waals surface area contributed by atoms with Gasteiger partial charge in [-0.3, -0.25) is 14.4 Å². The second-order valence-corrected chi connectivity index (χ2v) is 7.12. The van der Waals surface area contributed by atoms with Crippen molar-refractivity contribution in [3.8, 4) is 5.75 Å². The Morgan fingerprint density at radius 2 is 2.04 bits per heavy atom. The fourth-order valence-electron chi connectivity index (χ4n) is 3.96. The lowest BCUT2D eigenvalue weighted by Crippen LogP contribution is -2.42. The Morgan fingerprint density at radius 1 is 1.26 bits per heavy atom. The van der Waals surface area contributed by atoms with Crippen LogP contribution in [0.3, 0.4) is 0 Å². The number of hydrogen-bond donors (Lipinski definition) is 1. The summed E-state index contributed by atoms with van der Waals surface area (Å²) in [7, 11) is 1.47. The first kappa shape index (κ1) is 17.3. The summed E-state index contributed by atoms with van der Waals surface area (Å²) in [4.78, 5) is 38.1. The molecule has 2 aliphatic rings. The van der Waals surface area contributed by atoms with Crippen LogP contribution in [0.25, 0.3) is 0 Å². The number of aryl methyl sites for hydroxylation is 1. The lowest BCUT2D eigenvalue weighted by molar-refractivity contribution is -0.150. The first-order valence-corrected chi connectivity index (χ1v) is 8.68. The number of benzene rings is 1. The standard InChI is InChI=1S/C19H19N3O5/c1-21-16(23)7-6-14(20-21)17(24)22-9-13-10-27-15-5-3-2-4-12(15)8-19(13,11-22)18(25)26/h2-7,13H,8-11H2,1H3,(H,25,26)/t13-,19+/m0/s1. The molecule has 8 heteroatoms. The van der Waals surface area contributed by atoms with Gasteiger partial charge in [0.2, 0.25) is 0 Å². The summed E-state index contributed by atoms with van der Waals surface area (Å²) in [5, 5.41) is 14.0. The molecule has 2 aromatic rings. The molecule has 1 aromatic heterocycles. The number of aliphatic carboxylic acids is 1. The molecule has 8 nitrogen and oxygen atoms in total. The van der Waals surface area contributed by atoms with Crippen molar-refractivity contribution in [1.82, 2.24) is 14.7 Å². The average Bonchev–Trinajstić information content (AvgIpc) is 2.94. The Labute approximate surface area is 155 Å². The highest BCUT2D eigenvalue weighted by atomic mass is 16.5. The summed E-state index contributed by atoms with van der Waals surface area (Å²) in [5.74, 6) is -0.951. The smallest absolute Gasteiger partial charge is 0.312 e. The zero-order chi connectivity index (χ0) is 19.2. The molecule has 0 bridgehead atoms. The summed E-state index contributed by atoms with van der Waals surface area (Å²) < 4.78 is 6.93. The van der Waals surface area contributed by atoms with Gasteiger partial charge < -0.3 is 14.7 Å². The number of hydrogen-bond acceptors (Lipinski definition) is 5. The SMILES string of the molecule is Cn1nc(C(=O)N2C[C@H]3COc4ccccc4C[C@@]3(C(=O)O)C2)ccc1=O. The molecule has 1 fully saturated rings. The van der Waals surface area contributed by atoms with E-state index >= 15 is 0 Å². The van der Waals surface area contributed by atoms with E-state index < -0.39 is 11.4 Å². The topological polar surface area (TPSA) is 102 Å². The first-order valence-electron chi connectivity index (χ1n) is 8.68. The van der Waals surface area contributed by atoms with Gasteiger partial charge in [0, 0.05) is 32.1 Å². The van der Waals surface area contributed by atoms with Crippen LogP contribution in [0, 0.1) is 11.3 Å². The van der Waals surface area contributed by atoms with Crippen LogP contribution in [0.2, 0.25) is 0 Å². The van der Waals surface area contributed by atoms with Crippen molar-refractivity contribution >= 4 is 11.9 Å². The fourth-order valence-corrected chi connectivity index (χ4v) is 3.96. The average molecular weight is 369 g/mol. The second kappa shape index (κ2) is 6.22. The molecule has 0 saturated carbocycles. The van der Waals surface area contributed by atoms with E-state index in [1.54, 1.807) is 0 Å². The minimum Gasteiger partial charge on any atom is -0.493 e. The van der Waals surface area contributed by atoms with Gasteiger partial charge in [0.1, 0.15) is 11.4 Å². The number of carboxylic acid groups (broad SMARTS) is 1. The van der Waals surface area contributed by atoms with Gasteiger partial charge in [-0.15, -0.1) is 0 Å². The maximum Gasteiger partial charge on any atom is 0.312 e. The van der Waals surface area contributed by atoms with E-state index in [0.717, 1.165) is 10.2 Å². The van der Waals surface area contributed by atoms with E-state index in [1.807, 2.05) is 24.3 Å². The molecule has 1 aromatic carbocycles. The van der Waals surface area contributed by atoms with Crippen molar-refractivity contribution in [2.24, 2.45) is 18.4 Å². The zero-order valence-corrected chi connectivity index (χ0v) is 14.8. The van der Waals surface area contributed by atoms with Crippen LogP contribution in [0.5, 0.6) is 5.75 Å². The van der Waals surface area contributed by atoms with Crippen LogP contribution in [-0.4, -0.2) is 51.4 Å². The molecule has 0 unspecified atom stereocenters. The zero-order valence-electron chi connectivity index (χ0n) is 14.8. The molecule has 1 amide bonds. The second-order valence-electron chi connectivity index (χ2n) is 7.12. The van der Waals surface area contributed by atoms with Crippen molar-refractivity contribution in [1.29, 1.82) is 0 Å². The number of para-hydroxylation sites is 1. The number of nitrogens with zero attached hydrogens (tertiary/aromatic N) is 3. The minimum absolute atomic E-state index is 0.0774. The number of likely N-dealkylation sites (tertiary alicyclic amines) is 1. The monoisotopic (exact) mass is 369 g/mol. The van der Waals surface area contributed by atoms with Crippen LogP contribution in [0.15, 0.2) is 41.2 Å². The van der Waals surface area contributed by atoms with E-state index in [0.29, 0.717) is 12.2 Å². The molecule has 0 radical (unpaired) electrons. The molecular formula is C19H19N3O5. The number of amides is 1. The van der Waals surface area contributed by atoms with E-state index in [-0.39, 0.29) is 42.8 Å². The van der Waals surface area contributed by atoms with E-state index in [1.165, 1.54) is 24.1 Å².